The van der Waals surface area contributed by atoms with Gasteiger partial charge in [-0.2, -0.15) is 4.31 Å². The predicted molar refractivity (Wildman–Crippen MR) is 107 cm³/mol. The van der Waals surface area contributed by atoms with Crippen LogP contribution in [0.3, 0.4) is 0 Å². The number of anilines is 2. The van der Waals surface area contributed by atoms with Crippen LogP contribution in [0.15, 0.2) is 53.4 Å². The van der Waals surface area contributed by atoms with Crippen LogP contribution < -0.4 is 10.6 Å². The summed E-state index contributed by atoms with van der Waals surface area (Å²) in [6, 6.07) is 13.3. The smallest absolute Gasteiger partial charge is 0.243 e. The Hall–Kier alpha value is -2.75. The molecule has 0 saturated carbocycles. The van der Waals surface area contributed by atoms with Gasteiger partial charge in [0.05, 0.1) is 24.0 Å². The third-order valence-corrected chi connectivity index (χ3v) is 6.92. The highest BCUT2D eigenvalue weighted by Gasteiger charge is 2.31. The van der Waals surface area contributed by atoms with Gasteiger partial charge >= 0.3 is 0 Å². The quantitative estimate of drug-likeness (QED) is 0.792. The summed E-state index contributed by atoms with van der Waals surface area (Å²) in [7, 11) is -3.66. The minimum absolute atomic E-state index is 0.0363. The number of hydrogen-bond donors (Lipinski definition) is 2. The van der Waals surface area contributed by atoms with Crippen molar-refractivity contribution in [2.75, 3.05) is 36.9 Å². The molecule has 2 aromatic carbocycles. The van der Waals surface area contributed by atoms with E-state index in [1.165, 1.54) is 16.4 Å². The Labute approximate surface area is 168 Å². The van der Waals surface area contributed by atoms with Crippen LogP contribution in [-0.4, -0.2) is 50.8 Å². The zero-order valence-electron chi connectivity index (χ0n) is 15.6. The van der Waals surface area contributed by atoms with E-state index in [9.17, 15) is 18.0 Å². The number of benzene rings is 2. The molecule has 0 spiro atoms. The van der Waals surface area contributed by atoms with E-state index in [4.69, 9.17) is 4.74 Å². The second-order valence-corrected chi connectivity index (χ2v) is 8.86. The lowest BCUT2D eigenvalue weighted by Gasteiger charge is -2.26. The summed E-state index contributed by atoms with van der Waals surface area (Å²) in [5, 5.41) is 5.52. The average Bonchev–Trinajstić information content (AvgIpc) is 2.74. The van der Waals surface area contributed by atoms with Gasteiger partial charge in [-0.3, -0.25) is 9.59 Å². The fourth-order valence-electron chi connectivity index (χ4n) is 3.54. The van der Waals surface area contributed by atoms with Crippen LogP contribution in [0.5, 0.6) is 0 Å². The first-order valence-corrected chi connectivity index (χ1v) is 10.8. The van der Waals surface area contributed by atoms with Crippen molar-refractivity contribution in [1.29, 1.82) is 0 Å². The molecule has 8 nitrogen and oxygen atoms in total. The van der Waals surface area contributed by atoms with Gasteiger partial charge < -0.3 is 15.4 Å². The van der Waals surface area contributed by atoms with Crippen LogP contribution >= 0.6 is 0 Å². The molecule has 0 aromatic heterocycles. The second kappa shape index (κ2) is 7.94. The number of nitrogens with zero attached hydrogens (tertiary/aromatic N) is 1. The minimum Gasteiger partial charge on any atom is -0.379 e. The molecule has 9 heteroatoms. The molecule has 4 rings (SSSR count). The Morgan fingerprint density at radius 3 is 2.66 bits per heavy atom. The van der Waals surface area contributed by atoms with E-state index < -0.39 is 15.9 Å². The van der Waals surface area contributed by atoms with E-state index in [1.807, 2.05) is 6.07 Å². The second-order valence-electron chi connectivity index (χ2n) is 6.93. The summed E-state index contributed by atoms with van der Waals surface area (Å²) in [4.78, 5) is 24.9. The average molecular weight is 415 g/mol. The number of ether oxygens (including phenoxy) is 1. The molecule has 29 heavy (non-hydrogen) atoms. The Morgan fingerprint density at radius 2 is 1.86 bits per heavy atom. The molecule has 0 aliphatic carbocycles. The highest BCUT2D eigenvalue weighted by Crippen LogP contribution is 2.33. The molecule has 2 aliphatic heterocycles. The zero-order chi connectivity index (χ0) is 20.4. The van der Waals surface area contributed by atoms with Crippen molar-refractivity contribution in [3.63, 3.8) is 0 Å². The number of para-hydroxylation sites is 1. The SMILES string of the molecule is O=C1CC(C(=O)Nc2cccc(S(=O)(=O)N3CCOCC3)c2)c2ccccc2N1. The molecule has 1 saturated heterocycles. The van der Waals surface area contributed by atoms with Crippen molar-refractivity contribution in [2.24, 2.45) is 0 Å². The summed E-state index contributed by atoms with van der Waals surface area (Å²) in [6.07, 6.45) is 0.0363. The van der Waals surface area contributed by atoms with Crippen molar-refractivity contribution in [1.82, 2.24) is 4.31 Å². The summed E-state index contributed by atoms with van der Waals surface area (Å²) >= 11 is 0. The van der Waals surface area contributed by atoms with Crippen molar-refractivity contribution < 1.29 is 22.7 Å². The van der Waals surface area contributed by atoms with Crippen LogP contribution in [0, 0.1) is 0 Å². The highest BCUT2D eigenvalue weighted by atomic mass is 32.2. The zero-order valence-corrected chi connectivity index (χ0v) is 16.4. The number of carbonyl (C=O) groups excluding carboxylic acids is 2. The van der Waals surface area contributed by atoms with Gasteiger partial charge in [0.15, 0.2) is 0 Å². The number of carbonyl (C=O) groups is 2. The van der Waals surface area contributed by atoms with Gasteiger partial charge in [0.2, 0.25) is 21.8 Å². The fraction of sp³-hybridized carbons (Fsp3) is 0.300. The van der Waals surface area contributed by atoms with Gasteiger partial charge in [0, 0.05) is 30.9 Å². The van der Waals surface area contributed by atoms with E-state index in [-0.39, 0.29) is 23.1 Å². The molecule has 2 amide bonds. The first-order chi connectivity index (χ1) is 13.9. The molecule has 2 heterocycles. The van der Waals surface area contributed by atoms with Crippen molar-refractivity contribution in [2.45, 2.75) is 17.2 Å². The van der Waals surface area contributed by atoms with Gasteiger partial charge in [-0.1, -0.05) is 24.3 Å². The maximum absolute atomic E-state index is 12.9. The lowest BCUT2D eigenvalue weighted by atomic mass is 9.90. The first-order valence-electron chi connectivity index (χ1n) is 9.33. The van der Waals surface area contributed by atoms with Crippen LogP contribution in [0.25, 0.3) is 0 Å². The summed E-state index contributed by atoms with van der Waals surface area (Å²) in [6.45, 7) is 1.32. The van der Waals surface area contributed by atoms with Gasteiger partial charge in [-0.25, -0.2) is 8.42 Å². The van der Waals surface area contributed by atoms with E-state index >= 15 is 0 Å². The molecular formula is C20H21N3O5S. The molecule has 0 bridgehead atoms. The molecule has 152 valence electrons. The maximum Gasteiger partial charge on any atom is 0.243 e. The molecule has 1 atom stereocenters. The van der Waals surface area contributed by atoms with Crippen molar-refractivity contribution in [3.05, 3.63) is 54.1 Å². The molecule has 1 unspecified atom stereocenters. The third kappa shape index (κ3) is 4.02. The normalized spacial score (nSPS) is 19.9. The monoisotopic (exact) mass is 415 g/mol. The summed E-state index contributed by atoms with van der Waals surface area (Å²) < 4.78 is 32.3. The number of morpholine rings is 1. The van der Waals surface area contributed by atoms with Crippen LogP contribution in [-0.2, 0) is 24.3 Å². The van der Waals surface area contributed by atoms with E-state index in [0.29, 0.717) is 37.7 Å². The Bertz CT molecular complexity index is 1050. The Kier molecular flexibility index (Phi) is 5.35. The maximum atomic E-state index is 12.9. The van der Waals surface area contributed by atoms with E-state index in [0.717, 1.165) is 5.56 Å². The van der Waals surface area contributed by atoms with E-state index in [2.05, 4.69) is 10.6 Å². The lowest BCUT2D eigenvalue weighted by Crippen LogP contribution is -2.40. The lowest BCUT2D eigenvalue weighted by molar-refractivity contribution is -0.123. The number of fused-ring (bicyclic) bond motifs is 1. The van der Waals surface area contributed by atoms with Gasteiger partial charge in [-0.15, -0.1) is 0 Å². The van der Waals surface area contributed by atoms with Crippen molar-refractivity contribution in [3.8, 4) is 0 Å². The van der Waals surface area contributed by atoms with Crippen LogP contribution in [0.4, 0.5) is 11.4 Å². The Balaban J connectivity index is 1.56. The standard InChI is InChI=1S/C20H21N3O5S/c24-19-13-17(16-6-1-2-7-18(16)22-19)20(25)21-14-4-3-5-15(12-14)29(26,27)23-8-10-28-11-9-23/h1-7,12,17H,8-11,13H2,(H,21,25)(H,22,24). The molecule has 2 aromatic rings. The van der Waals surface area contributed by atoms with Gasteiger partial charge in [0.1, 0.15) is 0 Å². The molecular weight excluding hydrogens is 394 g/mol. The molecule has 2 N–H and O–H groups in total. The minimum atomic E-state index is -3.66. The number of rotatable bonds is 4. The molecule has 0 radical (unpaired) electrons. The van der Waals surface area contributed by atoms with E-state index in [1.54, 1.807) is 30.3 Å². The topological polar surface area (TPSA) is 105 Å². The van der Waals surface area contributed by atoms with Crippen LogP contribution in [0.2, 0.25) is 0 Å². The number of amides is 2. The van der Waals surface area contributed by atoms with Crippen LogP contribution in [0.1, 0.15) is 17.9 Å². The summed E-state index contributed by atoms with van der Waals surface area (Å²) in [5.74, 6) is -1.22. The third-order valence-electron chi connectivity index (χ3n) is 5.03. The fourth-order valence-corrected chi connectivity index (χ4v) is 5.00. The number of nitrogens with one attached hydrogen (secondary N) is 2. The first kappa shape index (κ1) is 19.6. The Morgan fingerprint density at radius 1 is 1.10 bits per heavy atom. The number of hydrogen-bond acceptors (Lipinski definition) is 5. The highest BCUT2D eigenvalue weighted by molar-refractivity contribution is 7.89. The number of sulfonamides is 1. The van der Waals surface area contributed by atoms with Gasteiger partial charge in [0.25, 0.3) is 0 Å². The predicted octanol–water partition coefficient (Wildman–Crippen LogP) is 1.77. The van der Waals surface area contributed by atoms with Gasteiger partial charge in [-0.05, 0) is 29.8 Å². The molecule has 2 aliphatic rings. The largest absolute Gasteiger partial charge is 0.379 e. The summed E-state index contributed by atoms with van der Waals surface area (Å²) in [5.41, 5.74) is 1.72. The molecule has 1 fully saturated rings. The van der Waals surface area contributed by atoms with Crippen molar-refractivity contribution >= 4 is 33.2 Å².